The first-order valence-electron chi connectivity index (χ1n) is 13.1. The number of thiazole rings is 1. The Bertz CT molecular complexity index is 1870. The second-order valence-electron chi connectivity index (χ2n) is 10.3. The molecular formula is C26H24N8O10S2. The molecule has 3 amide bonds. The number of hydrogen-bond donors (Lipinski definition) is 7. The summed E-state index contributed by atoms with van der Waals surface area (Å²) in [7, 11) is 0. The average molecular weight is 673 g/mol. The second-order valence-corrected chi connectivity index (χ2v) is 12.3. The molecule has 18 nitrogen and oxygen atoms in total. The van der Waals surface area contributed by atoms with Gasteiger partial charge in [0.25, 0.3) is 17.7 Å². The second kappa shape index (κ2) is 12.1. The number of nitrogens with zero attached hydrogens (tertiary/aromatic N) is 5. The molecule has 2 aliphatic heterocycles. The zero-order valence-corrected chi connectivity index (χ0v) is 25.4. The third-order valence-corrected chi connectivity index (χ3v) is 8.74. The number of phenols is 2. The Balaban J connectivity index is 1.30. The summed E-state index contributed by atoms with van der Waals surface area (Å²) in [5.41, 5.74) is 3.44. The number of β-lactam (4-membered cyclic amide) rings is 1. The maximum absolute atomic E-state index is 13.2. The van der Waals surface area contributed by atoms with Crippen LogP contribution in [0.2, 0.25) is 0 Å². The molecule has 1 aromatic carbocycles. The van der Waals surface area contributed by atoms with Gasteiger partial charge >= 0.3 is 11.9 Å². The van der Waals surface area contributed by atoms with Crippen molar-refractivity contribution >= 4 is 74.6 Å². The molecule has 1 unspecified atom stereocenters. The van der Waals surface area contributed by atoms with Crippen LogP contribution in [0.25, 0.3) is 11.0 Å². The van der Waals surface area contributed by atoms with Gasteiger partial charge in [-0.15, -0.1) is 23.1 Å². The lowest BCUT2D eigenvalue weighted by Gasteiger charge is -2.49. The number of carbonyl (C=O) groups is 5. The van der Waals surface area contributed by atoms with Crippen LogP contribution in [0.1, 0.15) is 30.0 Å². The number of nitrogen functional groups attached to an aromatic ring is 1. The Hall–Kier alpha value is -5.50. The fraction of sp³-hybridized carbons (Fsp3) is 0.269. The van der Waals surface area contributed by atoms with E-state index in [1.165, 1.54) is 25.3 Å². The molecule has 1 saturated heterocycles. The van der Waals surface area contributed by atoms with E-state index in [-0.39, 0.29) is 51.1 Å². The third kappa shape index (κ3) is 6.06. The summed E-state index contributed by atoms with van der Waals surface area (Å²) in [6.45, 7) is 2.16. The number of oxime groups is 1. The lowest BCUT2D eigenvalue weighted by Crippen LogP contribution is -2.71. The average Bonchev–Trinajstić information content (AvgIpc) is 3.43. The maximum Gasteiger partial charge on any atom is 0.352 e. The quantitative estimate of drug-likeness (QED) is 0.0637. The molecule has 0 saturated carbocycles. The number of carbonyl (C=O) groups excluding carboxylic acids is 3. The summed E-state index contributed by atoms with van der Waals surface area (Å²) in [6.07, 6.45) is 1.14. The molecule has 5 rings (SSSR count). The van der Waals surface area contributed by atoms with Crippen molar-refractivity contribution in [2.45, 2.75) is 30.9 Å². The first kappa shape index (κ1) is 31.9. The van der Waals surface area contributed by atoms with Gasteiger partial charge in [-0.2, -0.15) is 0 Å². The van der Waals surface area contributed by atoms with Crippen molar-refractivity contribution in [3.05, 3.63) is 46.4 Å². The molecule has 2 aliphatic rings. The van der Waals surface area contributed by atoms with Crippen molar-refractivity contribution < 1.29 is 49.2 Å². The molecule has 0 aliphatic carbocycles. The highest BCUT2D eigenvalue weighted by molar-refractivity contribution is 8.00. The number of amides is 3. The van der Waals surface area contributed by atoms with Gasteiger partial charge < -0.3 is 41.6 Å². The van der Waals surface area contributed by atoms with Crippen molar-refractivity contribution in [3.63, 3.8) is 0 Å². The molecule has 2 atom stereocenters. The highest BCUT2D eigenvalue weighted by atomic mass is 32.2. The predicted octanol–water partition coefficient (Wildman–Crippen LogP) is -0.168. The van der Waals surface area contributed by atoms with Crippen LogP contribution in [-0.4, -0.2) is 105 Å². The van der Waals surface area contributed by atoms with E-state index in [0.717, 1.165) is 40.3 Å². The number of benzene rings is 1. The highest BCUT2D eigenvalue weighted by Crippen LogP contribution is 2.40. The minimum Gasteiger partial charge on any atom is -0.504 e. The van der Waals surface area contributed by atoms with Crippen molar-refractivity contribution in [3.8, 4) is 11.5 Å². The number of hydrogen-bond acceptors (Lipinski definition) is 15. The number of aromatic hydroxyl groups is 2. The first-order chi connectivity index (χ1) is 21.7. The maximum atomic E-state index is 13.2. The number of rotatable bonds is 10. The monoisotopic (exact) mass is 672 g/mol. The molecule has 0 radical (unpaired) electrons. The largest absolute Gasteiger partial charge is 0.504 e. The number of nitrogens with one attached hydrogen (secondary N) is 2. The number of carboxylic acid groups (broad SMARTS) is 2. The van der Waals surface area contributed by atoms with E-state index in [0.29, 0.717) is 0 Å². The molecule has 8 N–H and O–H groups in total. The first-order valence-corrected chi connectivity index (χ1v) is 15.0. The number of aliphatic carboxylic acids is 2. The zero-order valence-electron chi connectivity index (χ0n) is 23.7. The number of anilines is 1. The number of carboxylic acids is 2. The van der Waals surface area contributed by atoms with E-state index in [1.807, 2.05) is 0 Å². The van der Waals surface area contributed by atoms with Gasteiger partial charge in [-0.3, -0.25) is 24.3 Å². The molecule has 2 aromatic heterocycles. The van der Waals surface area contributed by atoms with Gasteiger partial charge in [0.15, 0.2) is 22.3 Å². The summed E-state index contributed by atoms with van der Waals surface area (Å²) in [4.78, 5) is 81.1. The van der Waals surface area contributed by atoms with Crippen LogP contribution in [0.4, 0.5) is 5.13 Å². The molecule has 20 heteroatoms. The fourth-order valence-corrected chi connectivity index (χ4v) is 6.15. The molecule has 0 bridgehead atoms. The van der Waals surface area contributed by atoms with Crippen LogP contribution in [-0.2, 0) is 24.0 Å². The number of thioether (sulfide) groups is 1. The Morgan fingerprint density at radius 2 is 1.83 bits per heavy atom. The van der Waals surface area contributed by atoms with E-state index >= 15 is 0 Å². The van der Waals surface area contributed by atoms with E-state index < -0.39 is 63.9 Å². The fourth-order valence-electron chi connectivity index (χ4n) is 4.25. The van der Waals surface area contributed by atoms with E-state index in [4.69, 9.17) is 10.6 Å². The van der Waals surface area contributed by atoms with Crippen LogP contribution < -0.4 is 16.4 Å². The number of aromatic nitrogens is 3. The Kier molecular flexibility index (Phi) is 8.41. The van der Waals surface area contributed by atoms with Gasteiger partial charge in [0, 0.05) is 29.8 Å². The summed E-state index contributed by atoms with van der Waals surface area (Å²) in [5.74, 6) is -5.99. The summed E-state index contributed by atoms with van der Waals surface area (Å²) >= 11 is 2.12. The van der Waals surface area contributed by atoms with Crippen LogP contribution >= 0.6 is 23.1 Å². The highest BCUT2D eigenvalue weighted by Gasteiger charge is 2.54. The molecule has 240 valence electrons. The number of nitrogens with two attached hydrogens (primary N) is 1. The normalized spacial score (nSPS) is 18.1. The van der Waals surface area contributed by atoms with Gasteiger partial charge in [0.2, 0.25) is 5.60 Å². The Labute approximate surface area is 266 Å². The molecular weight excluding hydrogens is 648 g/mol. The van der Waals surface area contributed by atoms with Gasteiger partial charge in [0.1, 0.15) is 28.5 Å². The van der Waals surface area contributed by atoms with Gasteiger partial charge in [-0.1, -0.05) is 5.16 Å². The van der Waals surface area contributed by atoms with Crippen molar-refractivity contribution in [1.82, 2.24) is 30.5 Å². The lowest BCUT2D eigenvalue weighted by atomic mass is 10.0. The SMILES string of the molecule is CC(C)(O/N=C(\C(=O)N[C@@H]1C(=O)N2C(C(=O)O)=C(CNC(=O)c3cnc4cc(O)c(O)cc4n3)CSC12)c1csc(N)n1)C(=O)O. The molecule has 3 aromatic rings. The summed E-state index contributed by atoms with van der Waals surface area (Å²) in [5, 5.41) is 48.0. The van der Waals surface area contributed by atoms with Gasteiger partial charge in [-0.05, 0) is 19.4 Å². The summed E-state index contributed by atoms with van der Waals surface area (Å²) in [6, 6.07) is 1.13. The van der Waals surface area contributed by atoms with Crippen molar-refractivity contribution in [2.75, 3.05) is 18.0 Å². The lowest BCUT2D eigenvalue weighted by molar-refractivity contribution is -0.161. The predicted molar refractivity (Wildman–Crippen MR) is 161 cm³/mol. The minimum atomic E-state index is -1.81. The Morgan fingerprint density at radius 3 is 2.46 bits per heavy atom. The van der Waals surface area contributed by atoms with E-state index in [2.05, 4.69) is 30.7 Å². The van der Waals surface area contributed by atoms with Gasteiger partial charge in [-0.25, -0.2) is 19.6 Å². The van der Waals surface area contributed by atoms with Gasteiger partial charge in [0.05, 0.1) is 17.2 Å². The van der Waals surface area contributed by atoms with Crippen LogP contribution in [0, 0.1) is 0 Å². The number of phenolic OH excluding ortho intramolecular Hbond substituents is 2. The zero-order chi connectivity index (χ0) is 33.5. The van der Waals surface area contributed by atoms with Crippen molar-refractivity contribution in [1.29, 1.82) is 0 Å². The smallest absolute Gasteiger partial charge is 0.352 e. The minimum absolute atomic E-state index is 0.0312. The summed E-state index contributed by atoms with van der Waals surface area (Å²) < 4.78 is 0. The number of fused-ring (bicyclic) bond motifs is 2. The molecule has 0 spiro atoms. The molecule has 46 heavy (non-hydrogen) atoms. The van der Waals surface area contributed by atoms with Crippen LogP contribution in [0.5, 0.6) is 11.5 Å². The Morgan fingerprint density at radius 1 is 1.13 bits per heavy atom. The topological polar surface area (TPSA) is 280 Å². The third-order valence-electron chi connectivity index (χ3n) is 6.73. The van der Waals surface area contributed by atoms with Crippen LogP contribution in [0.3, 0.4) is 0 Å². The van der Waals surface area contributed by atoms with E-state index in [9.17, 15) is 44.4 Å². The van der Waals surface area contributed by atoms with E-state index in [1.54, 1.807) is 0 Å². The molecule has 4 heterocycles. The molecule has 1 fully saturated rings. The van der Waals surface area contributed by atoms with Crippen molar-refractivity contribution in [2.24, 2.45) is 5.16 Å². The van der Waals surface area contributed by atoms with Crippen LogP contribution in [0.15, 0.2) is 40.1 Å². The standard InChI is InChI=1S/C26H24N8O10S2/c1-26(2,24(42)43)44-33-16(13-8-46-25(27)31-13)20(38)32-17-21(39)34-18(23(40)41)9(7-45-22(17)34)5-29-19(37)12-6-28-10-3-14(35)15(36)4-11(10)30-12/h3-4,6,8,17,22,35-36H,5,7H2,1-2H3,(H2,27,31)(H,29,37)(H,32,38)(H,40,41)(H,42,43)/b33-16-/t17-,22?/m1/s1.